The Morgan fingerprint density at radius 3 is 2.52 bits per heavy atom. The number of ether oxygens (including phenoxy) is 1. The fourth-order valence-corrected chi connectivity index (χ4v) is 2.86. The molecule has 132 valence electrons. The Hall–Kier alpha value is -2.41. The molecule has 6 nitrogen and oxygen atoms in total. The van der Waals surface area contributed by atoms with Crippen LogP contribution in [0.3, 0.4) is 0 Å². The zero-order valence-corrected chi connectivity index (χ0v) is 15.4. The van der Waals surface area contributed by atoms with Gasteiger partial charge in [-0.3, -0.25) is 4.79 Å². The molecule has 0 atom stereocenters. The first-order valence-electron chi connectivity index (χ1n) is 8.00. The van der Waals surface area contributed by atoms with Gasteiger partial charge in [0.05, 0.1) is 17.9 Å². The summed E-state index contributed by atoms with van der Waals surface area (Å²) in [6.07, 6.45) is 0.781. The molecule has 0 fully saturated rings. The van der Waals surface area contributed by atoms with E-state index in [9.17, 15) is 9.59 Å². The first kappa shape index (κ1) is 18.9. The molecule has 0 unspecified atom stereocenters. The zero-order valence-electron chi connectivity index (χ0n) is 14.5. The number of benzene rings is 1. The summed E-state index contributed by atoms with van der Waals surface area (Å²) < 4.78 is 5.06. The standard InChI is InChI=1S/C18H21N3O3S/c1-4-9-24-18(23)14-5-7-15(8-6-14)21-16(22)11-25-17-10-12(2)19-13(3)20-17/h5-8,10H,4,9,11H2,1-3H3,(H,21,22). The number of thioether (sulfide) groups is 1. The lowest BCUT2D eigenvalue weighted by Gasteiger charge is -2.07. The Bertz CT molecular complexity index is 727. The number of esters is 1. The van der Waals surface area contributed by atoms with Gasteiger partial charge < -0.3 is 10.1 Å². The number of rotatable bonds is 7. The normalized spacial score (nSPS) is 10.4. The van der Waals surface area contributed by atoms with E-state index in [2.05, 4.69) is 15.3 Å². The molecule has 0 bridgehead atoms. The Balaban J connectivity index is 1.86. The van der Waals surface area contributed by atoms with E-state index < -0.39 is 0 Å². The largest absolute Gasteiger partial charge is 0.462 e. The van der Waals surface area contributed by atoms with Crippen LogP contribution in [0.1, 0.15) is 35.2 Å². The number of nitrogens with one attached hydrogen (secondary N) is 1. The van der Waals surface area contributed by atoms with Crippen molar-refractivity contribution in [3.8, 4) is 0 Å². The van der Waals surface area contributed by atoms with Gasteiger partial charge in [0.15, 0.2) is 0 Å². The monoisotopic (exact) mass is 359 g/mol. The molecule has 1 N–H and O–H groups in total. The minimum absolute atomic E-state index is 0.139. The first-order valence-corrected chi connectivity index (χ1v) is 8.98. The van der Waals surface area contributed by atoms with Crippen molar-refractivity contribution in [1.82, 2.24) is 9.97 Å². The van der Waals surface area contributed by atoms with E-state index in [1.807, 2.05) is 26.8 Å². The van der Waals surface area contributed by atoms with Crippen LogP contribution in [-0.2, 0) is 9.53 Å². The lowest BCUT2D eigenvalue weighted by atomic mass is 10.2. The van der Waals surface area contributed by atoms with Gasteiger partial charge in [-0.25, -0.2) is 14.8 Å². The van der Waals surface area contributed by atoms with Gasteiger partial charge in [-0.15, -0.1) is 0 Å². The fraction of sp³-hybridized carbons (Fsp3) is 0.333. The molecule has 2 aromatic rings. The second-order valence-electron chi connectivity index (χ2n) is 5.44. The topological polar surface area (TPSA) is 81.2 Å². The third kappa shape index (κ3) is 6.19. The summed E-state index contributed by atoms with van der Waals surface area (Å²) >= 11 is 1.36. The van der Waals surface area contributed by atoms with E-state index >= 15 is 0 Å². The van der Waals surface area contributed by atoms with Crippen molar-refractivity contribution in [2.24, 2.45) is 0 Å². The number of carbonyl (C=O) groups excluding carboxylic acids is 2. The van der Waals surface area contributed by atoms with Crippen molar-refractivity contribution in [3.63, 3.8) is 0 Å². The minimum atomic E-state index is -0.357. The van der Waals surface area contributed by atoms with Crippen LogP contribution in [0, 0.1) is 13.8 Å². The Morgan fingerprint density at radius 1 is 1.16 bits per heavy atom. The maximum Gasteiger partial charge on any atom is 0.338 e. The Labute approximate surface area is 151 Å². The number of anilines is 1. The average molecular weight is 359 g/mol. The SMILES string of the molecule is CCCOC(=O)c1ccc(NC(=O)CSc2cc(C)nc(C)n2)cc1. The van der Waals surface area contributed by atoms with Crippen LogP contribution in [0.5, 0.6) is 0 Å². The summed E-state index contributed by atoms with van der Waals surface area (Å²) in [6, 6.07) is 8.49. The molecule has 1 aromatic carbocycles. The summed E-state index contributed by atoms with van der Waals surface area (Å²) in [6.45, 7) is 6.06. The smallest absolute Gasteiger partial charge is 0.338 e. The fourth-order valence-electron chi connectivity index (χ4n) is 2.06. The van der Waals surface area contributed by atoms with Crippen LogP contribution in [0.25, 0.3) is 0 Å². The zero-order chi connectivity index (χ0) is 18.2. The molecule has 25 heavy (non-hydrogen) atoms. The molecule has 1 amide bonds. The van der Waals surface area contributed by atoms with Crippen LogP contribution in [-0.4, -0.2) is 34.2 Å². The predicted octanol–water partition coefficient (Wildman–Crippen LogP) is 3.39. The highest BCUT2D eigenvalue weighted by atomic mass is 32.2. The van der Waals surface area contributed by atoms with E-state index in [1.165, 1.54) is 11.8 Å². The molecule has 0 saturated heterocycles. The number of amides is 1. The Kier molecular flexibility index (Phi) is 6.94. The van der Waals surface area contributed by atoms with Gasteiger partial charge in [-0.2, -0.15) is 0 Å². The van der Waals surface area contributed by atoms with Crippen molar-refractivity contribution >= 4 is 29.3 Å². The van der Waals surface area contributed by atoms with Crippen LogP contribution in [0.15, 0.2) is 35.4 Å². The number of aryl methyl sites for hydroxylation is 2. The van der Waals surface area contributed by atoms with Crippen LogP contribution in [0.4, 0.5) is 5.69 Å². The van der Waals surface area contributed by atoms with Gasteiger partial charge >= 0.3 is 5.97 Å². The highest BCUT2D eigenvalue weighted by Crippen LogP contribution is 2.17. The van der Waals surface area contributed by atoms with E-state index in [0.29, 0.717) is 23.7 Å². The highest BCUT2D eigenvalue weighted by molar-refractivity contribution is 7.99. The quantitative estimate of drug-likeness (QED) is 0.464. The molecule has 1 aromatic heterocycles. The number of aromatic nitrogens is 2. The summed E-state index contributed by atoms with van der Waals surface area (Å²) in [5, 5.41) is 3.57. The molecular formula is C18H21N3O3S. The number of hydrogen-bond acceptors (Lipinski definition) is 6. The molecule has 0 aliphatic rings. The minimum Gasteiger partial charge on any atom is -0.462 e. The van der Waals surface area contributed by atoms with E-state index in [1.54, 1.807) is 24.3 Å². The Morgan fingerprint density at radius 2 is 1.88 bits per heavy atom. The van der Waals surface area contributed by atoms with Gasteiger partial charge in [-0.1, -0.05) is 18.7 Å². The van der Waals surface area contributed by atoms with Crippen LogP contribution in [0.2, 0.25) is 0 Å². The molecule has 0 saturated carbocycles. The number of hydrogen-bond donors (Lipinski definition) is 1. The molecule has 0 radical (unpaired) electrons. The molecule has 0 spiro atoms. The van der Waals surface area contributed by atoms with Gasteiger partial charge in [0.1, 0.15) is 10.9 Å². The van der Waals surface area contributed by atoms with Crippen molar-refractivity contribution in [2.75, 3.05) is 17.7 Å². The molecule has 0 aliphatic carbocycles. The predicted molar refractivity (Wildman–Crippen MR) is 97.9 cm³/mol. The molecule has 2 rings (SSSR count). The summed E-state index contributed by atoms with van der Waals surface area (Å²) in [5.41, 5.74) is 1.97. The van der Waals surface area contributed by atoms with E-state index in [4.69, 9.17) is 4.74 Å². The van der Waals surface area contributed by atoms with Crippen molar-refractivity contribution in [3.05, 3.63) is 47.4 Å². The van der Waals surface area contributed by atoms with Crippen LogP contribution < -0.4 is 5.32 Å². The highest BCUT2D eigenvalue weighted by Gasteiger charge is 2.09. The van der Waals surface area contributed by atoms with Gasteiger partial charge in [0.2, 0.25) is 5.91 Å². The van der Waals surface area contributed by atoms with Crippen LogP contribution >= 0.6 is 11.8 Å². The second kappa shape index (κ2) is 9.17. The third-order valence-corrected chi connectivity index (χ3v) is 4.05. The van der Waals surface area contributed by atoms with Crippen molar-refractivity contribution in [1.29, 1.82) is 0 Å². The van der Waals surface area contributed by atoms with E-state index in [0.717, 1.165) is 17.1 Å². The second-order valence-corrected chi connectivity index (χ2v) is 6.44. The van der Waals surface area contributed by atoms with Crippen molar-refractivity contribution in [2.45, 2.75) is 32.2 Å². The van der Waals surface area contributed by atoms with E-state index in [-0.39, 0.29) is 17.6 Å². The third-order valence-electron chi connectivity index (χ3n) is 3.14. The summed E-state index contributed by atoms with van der Waals surface area (Å²) in [5.74, 6) is 0.439. The lowest BCUT2D eigenvalue weighted by Crippen LogP contribution is -2.14. The molecular weight excluding hydrogens is 338 g/mol. The molecule has 1 heterocycles. The summed E-state index contributed by atoms with van der Waals surface area (Å²) in [7, 11) is 0. The molecule has 0 aliphatic heterocycles. The lowest BCUT2D eigenvalue weighted by molar-refractivity contribution is -0.113. The average Bonchev–Trinajstić information content (AvgIpc) is 2.58. The van der Waals surface area contributed by atoms with Gasteiger partial charge in [-0.05, 0) is 50.6 Å². The maximum atomic E-state index is 12.0. The number of carbonyl (C=O) groups is 2. The van der Waals surface area contributed by atoms with Gasteiger partial charge in [0.25, 0.3) is 0 Å². The summed E-state index contributed by atoms with van der Waals surface area (Å²) in [4.78, 5) is 32.3. The maximum absolute atomic E-state index is 12.0. The first-order chi connectivity index (χ1) is 12.0. The molecule has 7 heteroatoms. The van der Waals surface area contributed by atoms with Crippen molar-refractivity contribution < 1.29 is 14.3 Å². The van der Waals surface area contributed by atoms with Gasteiger partial charge in [0, 0.05) is 11.4 Å². The number of nitrogens with zero attached hydrogens (tertiary/aromatic N) is 2.